The maximum absolute atomic E-state index is 12.6. The fourth-order valence-electron chi connectivity index (χ4n) is 1.23. The maximum atomic E-state index is 12.6. The number of rotatable bonds is 2. The monoisotopic (exact) mass is 311 g/mol. The molecule has 8 heteroatoms. The van der Waals surface area contributed by atoms with Crippen LogP contribution in [-0.4, -0.2) is 10.7 Å². The Morgan fingerprint density at radius 2 is 1.94 bits per heavy atom. The first-order valence-electron chi connectivity index (χ1n) is 4.20. The minimum atomic E-state index is -4.81. The normalized spacial score (nSPS) is 11.4. The highest BCUT2D eigenvalue weighted by Crippen LogP contribution is 2.37. The van der Waals surface area contributed by atoms with Crippen LogP contribution in [0.2, 0.25) is 0 Å². The van der Waals surface area contributed by atoms with E-state index in [0.29, 0.717) is 6.07 Å². The number of nitro groups is 1. The molecule has 0 aromatic heterocycles. The van der Waals surface area contributed by atoms with Gasteiger partial charge in [-0.25, -0.2) is 0 Å². The first-order valence-corrected chi connectivity index (χ1v) is 5.00. The first-order chi connectivity index (χ1) is 7.64. The van der Waals surface area contributed by atoms with E-state index in [1.807, 2.05) is 0 Å². The van der Waals surface area contributed by atoms with E-state index >= 15 is 0 Å². The minimum Gasteiger partial charge on any atom is -0.294 e. The second-order valence-electron chi connectivity index (χ2n) is 3.16. The van der Waals surface area contributed by atoms with Crippen molar-refractivity contribution >= 4 is 27.4 Å². The van der Waals surface area contributed by atoms with Gasteiger partial charge in [-0.3, -0.25) is 14.9 Å². The largest absolute Gasteiger partial charge is 0.417 e. The number of hydrogen-bond acceptors (Lipinski definition) is 3. The lowest BCUT2D eigenvalue weighted by Crippen LogP contribution is -2.12. The number of carbonyl (C=O) groups is 1. The number of Topliss-reactive ketones (excluding diaryl/α,β-unsaturated/α-hetero) is 1. The summed E-state index contributed by atoms with van der Waals surface area (Å²) in [4.78, 5) is 20.6. The van der Waals surface area contributed by atoms with Gasteiger partial charge in [0.15, 0.2) is 5.78 Å². The molecule has 0 amide bonds. The Hall–Kier alpha value is -1.44. The van der Waals surface area contributed by atoms with E-state index in [4.69, 9.17) is 0 Å². The molecule has 1 aromatic rings. The number of hydrogen-bond donors (Lipinski definition) is 0. The summed E-state index contributed by atoms with van der Waals surface area (Å²) in [6.07, 6.45) is -4.81. The molecule has 0 fully saturated rings. The van der Waals surface area contributed by atoms with Crippen molar-refractivity contribution in [2.75, 3.05) is 0 Å². The Morgan fingerprint density at radius 3 is 2.29 bits per heavy atom. The molecule has 0 atom stereocenters. The fraction of sp³-hybridized carbons (Fsp3) is 0.222. The highest BCUT2D eigenvalue weighted by molar-refractivity contribution is 9.10. The zero-order valence-corrected chi connectivity index (χ0v) is 9.92. The molecule has 0 unspecified atom stereocenters. The summed E-state index contributed by atoms with van der Waals surface area (Å²) in [5.74, 6) is -0.812. The van der Waals surface area contributed by atoms with Crippen LogP contribution in [0.1, 0.15) is 22.8 Å². The van der Waals surface area contributed by atoms with Gasteiger partial charge in [-0.05, 0) is 28.9 Å². The Bertz CT molecular complexity index is 499. The predicted molar refractivity (Wildman–Crippen MR) is 55.8 cm³/mol. The number of alkyl halides is 3. The molecule has 0 aliphatic heterocycles. The van der Waals surface area contributed by atoms with Crippen molar-refractivity contribution in [3.05, 3.63) is 37.8 Å². The molecule has 0 saturated carbocycles. The van der Waals surface area contributed by atoms with Crippen molar-refractivity contribution in [3.8, 4) is 0 Å². The van der Waals surface area contributed by atoms with Crippen LogP contribution in [0, 0.1) is 10.1 Å². The van der Waals surface area contributed by atoms with Crippen LogP contribution in [0.15, 0.2) is 16.6 Å². The molecule has 0 aliphatic carbocycles. The molecule has 0 N–H and O–H groups in total. The topological polar surface area (TPSA) is 60.2 Å². The summed E-state index contributed by atoms with van der Waals surface area (Å²) in [5.41, 5.74) is -2.64. The summed E-state index contributed by atoms with van der Waals surface area (Å²) >= 11 is 2.76. The van der Waals surface area contributed by atoms with Crippen LogP contribution < -0.4 is 0 Å². The Kier molecular flexibility index (Phi) is 3.56. The molecule has 0 radical (unpaired) electrons. The zero-order chi connectivity index (χ0) is 13.4. The Balaban J connectivity index is 3.60. The van der Waals surface area contributed by atoms with Crippen molar-refractivity contribution in [1.29, 1.82) is 0 Å². The van der Waals surface area contributed by atoms with Crippen LogP contribution in [-0.2, 0) is 6.18 Å². The van der Waals surface area contributed by atoms with Gasteiger partial charge in [-0.1, -0.05) is 0 Å². The van der Waals surface area contributed by atoms with Gasteiger partial charge in [-0.15, -0.1) is 0 Å². The van der Waals surface area contributed by atoms with Gasteiger partial charge in [0.2, 0.25) is 0 Å². The molecule has 0 bridgehead atoms. The lowest BCUT2D eigenvalue weighted by molar-refractivity contribution is -0.385. The van der Waals surface area contributed by atoms with Crippen molar-refractivity contribution in [1.82, 2.24) is 0 Å². The first kappa shape index (κ1) is 13.6. The molecule has 17 heavy (non-hydrogen) atoms. The second kappa shape index (κ2) is 4.44. The smallest absolute Gasteiger partial charge is 0.294 e. The molecule has 1 aromatic carbocycles. The van der Waals surface area contributed by atoms with E-state index < -0.39 is 33.7 Å². The number of nitrogens with zero attached hydrogens (tertiary/aromatic N) is 1. The zero-order valence-electron chi connectivity index (χ0n) is 8.34. The average molecular weight is 312 g/mol. The van der Waals surface area contributed by atoms with Crippen molar-refractivity contribution in [3.63, 3.8) is 0 Å². The summed E-state index contributed by atoms with van der Waals surface area (Å²) in [6, 6.07) is 1.16. The predicted octanol–water partition coefficient (Wildman–Crippen LogP) is 3.58. The maximum Gasteiger partial charge on any atom is 0.417 e. The van der Waals surface area contributed by atoms with E-state index in [9.17, 15) is 28.1 Å². The molecular formula is C9H5BrF3NO3. The van der Waals surface area contributed by atoms with E-state index in [1.165, 1.54) is 0 Å². The van der Waals surface area contributed by atoms with E-state index in [1.54, 1.807) is 0 Å². The van der Waals surface area contributed by atoms with Crippen LogP contribution in [0.4, 0.5) is 18.9 Å². The van der Waals surface area contributed by atoms with E-state index in [-0.39, 0.29) is 4.47 Å². The lowest BCUT2D eigenvalue weighted by atomic mass is 10.0. The van der Waals surface area contributed by atoms with Crippen molar-refractivity contribution in [2.45, 2.75) is 13.1 Å². The third kappa shape index (κ3) is 2.82. The molecule has 0 spiro atoms. The third-order valence-corrected chi connectivity index (χ3v) is 2.60. The van der Waals surface area contributed by atoms with Crippen LogP contribution in [0.5, 0.6) is 0 Å². The number of benzene rings is 1. The lowest BCUT2D eigenvalue weighted by Gasteiger charge is -2.11. The average Bonchev–Trinajstić information content (AvgIpc) is 2.14. The van der Waals surface area contributed by atoms with Gasteiger partial charge in [-0.2, -0.15) is 13.2 Å². The molecule has 0 heterocycles. The van der Waals surface area contributed by atoms with E-state index in [2.05, 4.69) is 15.9 Å². The van der Waals surface area contributed by atoms with Crippen molar-refractivity contribution < 1.29 is 22.9 Å². The molecule has 0 aliphatic rings. The summed E-state index contributed by atoms with van der Waals surface area (Å²) < 4.78 is 37.6. The molecule has 1 rings (SSSR count). The SMILES string of the molecule is CC(=O)c1cc(Br)c([N+](=O)[O-])cc1C(F)(F)F. The second-order valence-corrected chi connectivity index (χ2v) is 4.01. The quantitative estimate of drug-likeness (QED) is 0.476. The van der Waals surface area contributed by atoms with Gasteiger partial charge in [0.05, 0.1) is 15.0 Å². The van der Waals surface area contributed by atoms with Crippen LogP contribution >= 0.6 is 15.9 Å². The molecule has 92 valence electrons. The molecule has 0 saturated heterocycles. The van der Waals surface area contributed by atoms with Gasteiger partial charge in [0.25, 0.3) is 5.69 Å². The Labute approximate surface area is 102 Å². The minimum absolute atomic E-state index is 0.166. The standard InChI is InChI=1S/C9H5BrF3NO3/c1-4(15)5-2-7(10)8(14(16)17)3-6(5)9(11,12)13/h2-3H,1H3. The number of nitro benzene ring substituents is 1. The van der Waals surface area contributed by atoms with Gasteiger partial charge >= 0.3 is 6.18 Å². The highest BCUT2D eigenvalue weighted by Gasteiger charge is 2.37. The summed E-state index contributed by atoms with van der Waals surface area (Å²) in [7, 11) is 0. The summed E-state index contributed by atoms with van der Waals surface area (Å²) in [5, 5.41) is 10.5. The summed E-state index contributed by atoms with van der Waals surface area (Å²) in [6.45, 7) is 0.961. The number of ketones is 1. The van der Waals surface area contributed by atoms with Gasteiger partial charge in [0, 0.05) is 11.6 Å². The van der Waals surface area contributed by atoms with Crippen molar-refractivity contribution in [2.24, 2.45) is 0 Å². The van der Waals surface area contributed by atoms with Crippen LogP contribution in [0.3, 0.4) is 0 Å². The van der Waals surface area contributed by atoms with E-state index in [0.717, 1.165) is 13.0 Å². The molecule has 4 nitrogen and oxygen atoms in total. The Morgan fingerprint density at radius 1 is 1.41 bits per heavy atom. The fourth-order valence-corrected chi connectivity index (χ4v) is 1.72. The third-order valence-electron chi connectivity index (χ3n) is 1.97. The number of carbonyl (C=O) groups excluding carboxylic acids is 1. The van der Waals surface area contributed by atoms with Crippen LogP contribution in [0.25, 0.3) is 0 Å². The highest BCUT2D eigenvalue weighted by atomic mass is 79.9. The van der Waals surface area contributed by atoms with Gasteiger partial charge in [0.1, 0.15) is 0 Å². The molecular weight excluding hydrogens is 307 g/mol. The van der Waals surface area contributed by atoms with Gasteiger partial charge < -0.3 is 0 Å². The number of halogens is 4.